The number of hydrogen-bond acceptors (Lipinski definition) is 4. The van der Waals surface area contributed by atoms with E-state index in [1.807, 2.05) is 29.1 Å². The van der Waals surface area contributed by atoms with Crippen LogP contribution in [0.2, 0.25) is 0 Å². The van der Waals surface area contributed by atoms with Gasteiger partial charge in [-0.2, -0.15) is 0 Å². The zero-order chi connectivity index (χ0) is 9.26. The van der Waals surface area contributed by atoms with Gasteiger partial charge in [0.1, 0.15) is 5.82 Å². The third kappa shape index (κ3) is 1.36. The van der Waals surface area contributed by atoms with Gasteiger partial charge in [0, 0.05) is 7.05 Å². The van der Waals surface area contributed by atoms with E-state index in [1.54, 1.807) is 11.3 Å². The molecular weight excluding hydrogens is 184 g/mol. The summed E-state index contributed by atoms with van der Waals surface area (Å²) in [5.41, 5.74) is 5.50. The average Bonchev–Trinajstić information content (AvgIpc) is 2.72. The van der Waals surface area contributed by atoms with E-state index in [1.165, 1.54) is 0 Å². The molecule has 0 amide bonds. The molecule has 2 N–H and O–H groups in total. The summed E-state index contributed by atoms with van der Waals surface area (Å²) in [6.07, 6.45) is 0. The number of hydrogen-bond donors (Lipinski definition) is 1. The monoisotopic (exact) mass is 194 g/mol. The van der Waals surface area contributed by atoms with Gasteiger partial charge in [-0.05, 0) is 11.4 Å². The Morgan fingerprint density at radius 1 is 1.54 bits per heavy atom. The second-order valence-corrected chi connectivity index (χ2v) is 3.63. The van der Waals surface area contributed by atoms with Crippen molar-refractivity contribution in [1.82, 2.24) is 14.8 Å². The van der Waals surface area contributed by atoms with Gasteiger partial charge >= 0.3 is 0 Å². The molecule has 0 aliphatic heterocycles. The van der Waals surface area contributed by atoms with E-state index in [-0.39, 0.29) is 0 Å². The lowest BCUT2D eigenvalue weighted by Gasteiger charge is -1.98. The van der Waals surface area contributed by atoms with Crippen molar-refractivity contribution in [2.75, 3.05) is 0 Å². The minimum absolute atomic E-state index is 0.425. The van der Waals surface area contributed by atoms with Crippen LogP contribution in [0.4, 0.5) is 0 Å². The van der Waals surface area contributed by atoms with Gasteiger partial charge in [0.2, 0.25) is 0 Å². The van der Waals surface area contributed by atoms with Crippen molar-refractivity contribution in [3.05, 3.63) is 23.3 Å². The van der Waals surface area contributed by atoms with E-state index in [4.69, 9.17) is 5.73 Å². The zero-order valence-corrected chi connectivity index (χ0v) is 8.08. The molecule has 0 radical (unpaired) electrons. The standard InChI is InChI=1S/C8H10N4S/c1-12-7(5-9)10-11-8(12)6-3-2-4-13-6/h2-4H,5,9H2,1H3. The topological polar surface area (TPSA) is 56.7 Å². The quantitative estimate of drug-likeness (QED) is 0.776. The van der Waals surface area contributed by atoms with Crippen molar-refractivity contribution in [3.63, 3.8) is 0 Å². The van der Waals surface area contributed by atoms with Crippen molar-refractivity contribution < 1.29 is 0 Å². The maximum absolute atomic E-state index is 5.50. The molecule has 2 aromatic heterocycles. The molecule has 2 rings (SSSR count). The Morgan fingerprint density at radius 3 is 2.92 bits per heavy atom. The minimum atomic E-state index is 0.425. The van der Waals surface area contributed by atoms with Crippen LogP contribution in [0.1, 0.15) is 5.82 Å². The number of nitrogens with zero attached hydrogens (tertiary/aromatic N) is 3. The molecule has 13 heavy (non-hydrogen) atoms. The van der Waals surface area contributed by atoms with E-state index >= 15 is 0 Å². The lowest BCUT2D eigenvalue weighted by molar-refractivity contribution is 0.797. The number of aromatic nitrogens is 3. The molecule has 0 unspecified atom stereocenters. The SMILES string of the molecule is Cn1c(CN)nnc1-c1cccs1. The fourth-order valence-corrected chi connectivity index (χ4v) is 1.90. The molecule has 0 bridgehead atoms. The van der Waals surface area contributed by atoms with Crippen molar-refractivity contribution in [1.29, 1.82) is 0 Å². The number of nitrogens with two attached hydrogens (primary N) is 1. The van der Waals surface area contributed by atoms with Crippen molar-refractivity contribution in [2.45, 2.75) is 6.54 Å². The lowest BCUT2D eigenvalue weighted by atomic mass is 10.4. The second-order valence-electron chi connectivity index (χ2n) is 2.68. The normalized spacial score (nSPS) is 10.6. The Morgan fingerprint density at radius 2 is 2.38 bits per heavy atom. The first kappa shape index (κ1) is 8.40. The average molecular weight is 194 g/mol. The highest BCUT2D eigenvalue weighted by molar-refractivity contribution is 7.13. The molecular formula is C8H10N4S. The van der Waals surface area contributed by atoms with E-state index in [0.717, 1.165) is 16.5 Å². The van der Waals surface area contributed by atoms with Crippen LogP contribution in [0, 0.1) is 0 Å². The van der Waals surface area contributed by atoms with Gasteiger partial charge in [0.15, 0.2) is 5.82 Å². The van der Waals surface area contributed by atoms with Gasteiger partial charge in [0.05, 0.1) is 11.4 Å². The number of thiophene rings is 1. The fourth-order valence-electron chi connectivity index (χ4n) is 1.16. The highest BCUT2D eigenvalue weighted by atomic mass is 32.1. The van der Waals surface area contributed by atoms with Gasteiger partial charge in [-0.25, -0.2) is 0 Å². The summed E-state index contributed by atoms with van der Waals surface area (Å²) < 4.78 is 1.92. The Balaban J connectivity index is 2.48. The van der Waals surface area contributed by atoms with Crippen LogP contribution in [0.25, 0.3) is 10.7 Å². The zero-order valence-electron chi connectivity index (χ0n) is 7.27. The first-order valence-corrected chi connectivity index (χ1v) is 4.83. The van der Waals surface area contributed by atoms with Gasteiger partial charge in [-0.3, -0.25) is 0 Å². The predicted molar refractivity (Wildman–Crippen MR) is 52.2 cm³/mol. The molecule has 2 heterocycles. The molecule has 4 nitrogen and oxygen atoms in total. The van der Waals surface area contributed by atoms with Crippen LogP contribution in [-0.4, -0.2) is 14.8 Å². The van der Waals surface area contributed by atoms with Gasteiger partial charge in [-0.15, -0.1) is 21.5 Å². The first-order valence-electron chi connectivity index (χ1n) is 3.95. The predicted octanol–water partition coefficient (Wildman–Crippen LogP) is 1.00. The van der Waals surface area contributed by atoms with Crippen molar-refractivity contribution >= 4 is 11.3 Å². The van der Waals surface area contributed by atoms with Crippen LogP contribution in [0.3, 0.4) is 0 Å². The van der Waals surface area contributed by atoms with Gasteiger partial charge < -0.3 is 10.3 Å². The van der Waals surface area contributed by atoms with Crippen LogP contribution in [0.15, 0.2) is 17.5 Å². The third-order valence-corrected chi connectivity index (χ3v) is 2.75. The van der Waals surface area contributed by atoms with Crippen LogP contribution < -0.4 is 5.73 Å². The smallest absolute Gasteiger partial charge is 0.173 e. The Bertz CT molecular complexity index is 390. The van der Waals surface area contributed by atoms with Crippen LogP contribution >= 0.6 is 11.3 Å². The molecule has 0 saturated heterocycles. The van der Waals surface area contributed by atoms with E-state index < -0.39 is 0 Å². The largest absolute Gasteiger partial charge is 0.324 e. The van der Waals surface area contributed by atoms with Gasteiger partial charge in [-0.1, -0.05) is 6.07 Å². The summed E-state index contributed by atoms with van der Waals surface area (Å²) in [5, 5.41) is 10.1. The highest BCUT2D eigenvalue weighted by Gasteiger charge is 2.09. The summed E-state index contributed by atoms with van der Waals surface area (Å²) in [6, 6.07) is 4.02. The van der Waals surface area contributed by atoms with E-state index in [2.05, 4.69) is 10.2 Å². The van der Waals surface area contributed by atoms with E-state index in [0.29, 0.717) is 6.54 Å². The van der Waals surface area contributed by atoms with Crippen molar-refractivity contribution in [2.24, 2.45) is 12.8 Å². The summed E-state index contributed by atoms with van der Waals surface area (Å²) in [5.74, 6) is 1.69. The lowest BCUT2D eigenvalue weighted by Crippen LogP contribution is -2.05. The summed E-state index contributed by atoms with van der Waals surface area (Å²) in [6.45, 7) is 0.425. The maximum atomic E-state index is 5.50. The minimum Gasteiger partial charge on any atom is -0.324 e. The van der Waals surface area contributed by atoms with Crippen LogP contribution in [-0.2, 0) is 13.6 Å². The molecule has 0 spiro atoms. The Labute approximate surface area is 80.0 Å². The number of rotatable bonds is 2. The van der Waals surface area contributed by atoms with Gasteiger partial charge in [0.25, 0.3) is 0 Å². The second kappa shape index (κ2) is 3.27. The van der Waals surface area contributed by atoms with E-state index in [9.17, 15) is 0 Å². The summed E-state index contributed by atoms with van der Waals surface area (Å²) in [7, 11) is 1.93. The molecule has 5 heteroatoms. The molecule has 0 aliphatic rings. The molecule has 0 fully saturated rings. The molecule has 2 aromatic rings. The Hall–Kier alpha value is -1.20. The molecule has 0 aromatic carbocycles. The summed E-state index contributed by atoms with van der Waals surface area (Å²) >= 11 is 1.65. The molecule has 0 saturated carbocycles. The van der Waals surface area contributed by atoms with Crippen molar-refractivity contribution in [3.8, 4) is 10.7 Å². The Kier molecular flexibility index (Phi) is 2.12. The molecule has 0 atom stereocenters. The molecule has 68 valence electrons. The first-order chi connectivity index (χ1) is 6.33. The fraction of sp³-hybridized carbons (Fsp3) is 0.250. The van der Waals surface area contributed by atoms with Crippen LogP contribution in [0.5, 0.6) is 0 Å². The maximum Gasteiger partial charge on any atom is 0.173 e. The highest BCUT2D eigenvalue weighted by Crippen LogP contribution is 2.22. The third-order valence-electron chi connectivity index (χ3n) is 1.89. The molecule has 0 aliphatic carbocycles. The summed E-state index contributed by atoms with van der Waals surface area (Å²) in [4.78, 5) is 1.12.